The Morgan fingerprint density at radius 1 is 1.24 bits per heavy atom. The van der Waals surface area contributed by atoms with Gasteiger partial charge in [0.2, 0.25) is 11.8 Å². The summed E-state index contributed by atoms with van der Waals surface area (Å²) in [5, 5.41) is 10.6. The van der Waals surface area contributed by atoms with Crippen LogP contribution in [0.15, 0.2) is 30.3 Å². The van der Waals surface area contributed by atoms with Crippen LogP contribution in [0.1, 0.15) is 18.4 Å². The molecule has 0 spiro atoms. The number of hydrogen-bond donors (Lipinski definition) is 2. The average Bonchev–Trinajstić information content (AvgIpc) is 2.47. The zero-order chi connectivity index (χ0) is 15.5. The van der Waals surface area contributed by atoms with Gasteiger partial charge in [0.1, 0.15) is 5.60 Å². The molecule has 0 atom stereocenters. The molecule has 1 heterocycles. The standard InChI is InChI=1S/C15H17ClN2O3/c16-12-4-1-11(2-5-12)3-6-13(19)18-9-7-15(21,8-10-18)14(17)20/h1-6,21H,7-10H2,(H2,17,20)/b6-3+. The summed E-state index contributed by atoms with van der Waals surface area (Å²) < 4.78 is 0. The lowest BCUT2D eigenvalue weighted by atomic mass is 9.91. The lowest BCUT2D eigenvalue weighted by molar-refractivity contribution is -0.145. The largest absolute Gasteiger partial charge is 0.380 e. The first-order valence-electron chi connectivity index (χ1n) is 6.65. The van der Waals surface area contributed by atoms with Gasteiger partial charge < -0.3 is 15.7 Å². The van der Waals surface area contributed by atoms with E-state index >= 15 is 0 Å². The molecular weight excluding hydrogens is 292 g/mol. The number of amides is 2. The number of hydrogen-bond acceptors (Lipinski definition) is 3. The SMILES string of the molecule is NC(=O)C1(O)CCN(C(=O)/C=C/c2ccc(Cl)cc2)CC1. The van der Waals surface area contributed by atoms with Gasteiger partial charge in [0.25, 0.3) is 0 Å². The van der Waals surface area contributed by atoms with Gasteiger partial charge in [0, 0.05) is 37.0 Å². The summed E-state index contributed by atoms with van der Waals surface area (Å²) in [6.45, 7) is 0.618. The number of likely N-dealkylation sites (tertiary alicyclic amines) is 1. The number of nitrogens with two attached hydrogens (primary N) is 1. The molecule has 0 aliphatic carbocycles. The highest BCUT2D eigenvalue weighted by Gasteiger charge is 2.38. The van der Waals surface area contributed by atoms with Crippen LogP contribution in [0.5, 0.6) is 0 Å². The smallest absolute Gasteiger partial charge is 0.249 e. The number of primary amides is 1. The van der Waals surface area contributed by atoms with Crippen molar-refractivity contribution >= 4 is 29.5 Å². The molecule has 1 aliphatic heterocycles. The molecule has 21 heavy (non-hydrogen) atoms. The Hall–Kier alpha value is -1.85. The van der Waals surface area contributed by atoms with Crippen molar-refractivity contribution in [2.75, 3.05) is 13.1 Å². The monoisotopic (exact) mass is 308 g/mol. The van der Waals surface area contributed by atoms with E-state index in [1.54, 1.807) is 23.1 Å². The third kappa shape index (κ3) is 3.83. The van der Waals surface area contributed by atoms with Crippen LogP contribution >= 0.6 is 11.6 Å². The van der Waals surface area contributed by atoms with Gasteiger partial charge in [-0.25, -0.2) is 0 Å². The lowest BCUT2D eigenvalue weighted by Gasteiger charge is -2.35. The molecule has 3 N–H and O–H groups in total. The van der Waals surface area contributed by atoms with Gasteiger partial charge in [-0.1, -0.05) is 23.7 Å². The Morgan fingerprint density at radius 2 is 1.81 bits per heavy atom. The van der Waals surface area contributed by atoms with E-state index in [0.29, 0.717) is 18.1 Å². The topological polar surface area (TPSA) is 83.6 Å². The van der Waals surface area contributed by atoms with E-state index in [4.69, 9.17) is 17.3 Å². The first kappa shape index (κ1) is 15.5. The predicted molar refractivity (Wildman–Crippen MR) is 80.4 cm³/mol. The Morgan fingerprint density at radius 3 is 2.33 bits per heavy atom. The molecule has 0 aromatic heterocycles. The zero-order valence-electron chi connectivity index (χ0n) is 11.5. The Kier molecular flexibility index (Phi) is 4.65. The molecule has 6 heteroatoms. The molecule has 0 radical (unpaired) electrons. The molecule has 2 amide bonds. The van der Waals surface area contributed by atoms with E-state index < -0.39 is 11.5 Å². The van der Waals surface area contributed by atoms with Gasteiger partial charge in [-0.2, -0.15) is 0 Å². The molecule has 5 nitrogen and oxygen atoms in total. The first-order valence-corrected chi connectivity index (χ1v) is 7.03. The van der Waals surface area contributed by atoms with Crippen molar-refractivity contribution < 1.29 is 14.7 Å². The second-order valence-electron chi connectivity index (χ2n) is 5.11. The summed E-state index contributed by atoms with van der Waals surface area (Å²) in [7, 11) is 0. The minimum atomic E-state index is -1.49. The zero-order valence-corrected chi connectivity index (χ0v) is 12.2. The molecule has 112 valence electrons. The van der Waals surface area contributed by atoms with E-state index in [-0.39, 0.29) is 18.7 Å². The summed E-state index contributed by atoms with van der Waals surface area (Å²) in [6, 6.07) is 7.13. The van der Waals surface area contributed by atoms with E-state index in [2.05, 4.69) is 0 Å². The minimum absolute atomic E-state index is 0.156. The van der Waals surface area contributed by atoms with Crippen LogP contribution in [0, 0.1) is 0 Å². The average molecular weight is 309 g/mol. The third-order valence-corrected chi connectivity index (χ3v) is 3.90. The fourth-order valence-corrected chi connectivity index (χ4v) is 2.32. The minimum Gasteiger partial charge on any atom is -0.380 e. The van der Waals surface area contributed by atoms with E-state index in [1.165, 1.54) is 6.08 Å². The molecular formula is C15H17ClN2O3. The molecule has 1 fully saturated rings. The summed E-state index contributed by atoms with van der Waals surface area (Å²) in [5.41, 5.74) is 4.54. The Balaban J connectivity index is 1.93. The number of carbonyl (C=O) groups is 2. The van der Waals surface area contributed by atoms with Gasteiger partial charge in [-0.05, 0) is 23.8 Å². The van der Waals surface area contributed by atoms with Crippen LogP contribution < -0.4 is 5.73 Å². The third-order valence-electron chi connectivity index (χ3n) is 3.65. The van der Waals surface area contributed by atoms with Crippen molar-refractivity contribution in [2.45, 2.75) is 18.4 Å². The molecule has 1 aromatic carbocycles. The number of carbonyl (C=O) groups excluding carboxylic acids is 2. The number of nitrogens with zero attached hydrogens (tertiary/aromatic N) is 1. The second-order valence-corrected chi connectivity index (χ2v) is 5.54. The molecule has 1 saturated heterocycles. The quantitative estimate of drug-likeness (QED) is 0.823. The first-order chi connectivity index (χ1) is 9.90. The van der Waals surface area contributed by atoms with Crippen LogP contribution in [0.25, 0.3) is 6.08 Å². The summed E-state index contributed by atoms with van der Waals surface area (Å²) in [5.74, 6) is -0.886. The van der Waals surface area contributed by atoms with Crippen molar-refractivity contribution in [3.8, 4) is 0 Å². The van der Waals surface area contributed by atoms with Crippen LogP contribution in [0.4, 0.5) is 0 Å². The van der Waals surface area contributed by atoms with E-state index in [0.717, 1.165) is 5.56 Å². The number of benzene rings is 1. The second kappa shape index (κ2) is 6.28. The normalized spacial score (nSPS) is 17.9. The van der Waals surface area contributed by atoms with Crippen molar-refractivity contribution in [1.29, 1.82) is 0 Å². The number of aliphatic hydroxyl groups is 1. The van der Waals surface area contributed by atoms with E-state index in [1.807, 2.05) is 12.1 Å². The van der Waals surface area contributed by atoms with Crippen molar-refractivity contribution in [3.05, 3.63) is 40.9 Å². The van der Waals surface area contributed by atoms with Crippen LogP contribution in [-0.2, 0) is 9.59 Å². The highest BCUT2D eigenvalue weighted by atomic mass is 35.5. The van der Waals surface area contributed by atoms with Crippen LogP contribution in [-0.4, -0.2) is 40.5 Å². The fourth-order valence-electron chi connectivity index (χ4n) is 2.19. The molecule has 2 rings (SSSR count). The van der Waals surface area contributed by atoms with Gasteiger partial charge in [-0.15, -0.1) is 0 Å². The van der Waals surface area contributed by atoms with Gasteiger partial charge in [0.05, 0.1) is 0 Å². The lowest BCUT2D eigenvalue weighted by Crippen LogP contribution is -2.53. The number of piperidine rings is 1. The maximum Gasteiger partial charge on any atom is 0.249 e. The van der Waals surface area contributed by atoms with Gasteiger partial charge in [-0.3, -0.25) is 9.59 Å². The Bertz CT molecular complexity index is 561. The van der Waals surface area contributed by atoms with Crippen molar-refractivity contribution in [2.24, 2.45) is 5.73 Å². The maximum atomic E-state index is 12.0. The van der Waals surface area contributed by atoms with E-state index in [9.17, 15) is 14.7 Å². The molecule has 0 bridgehead atoms. The van der Waals surface area contributed by atoms with Gasteiger partial charge >= 0.3 is 0 Å². The highest BCUT2D eigenvalue weighted by Crippen LogP contribution is 2.22. The predicted octanol–water partition coefficient (Wildman–Crippen LogP) is 1.19. The molecule has 1 aliphatic rings. The number of rotatable bonds is 3. The van der Waals surface area contributed by atoms with Crippen molar-refractivity contribution in [3.63, 3.8) is 0 Å². The fraction of sp³-hybridized carbons (Fsp3) is 0.333. The van der Waals surface area contributed by atoms with Crippen LogP contribution in [0.3, 0.4) is 0 Å². The summed E-state index contributed by atoms with van der Waals surface area (Å²) in [4.78, 5) is 24.8. The summed E-state index contributed by atoms with van der Waals surface area (Å²) >= 11 is 5.79. The molecule has 0 unspecified atom stereocenters. The van der Waals surface area contributed by atoms with Crippen LogP contribution in [0.2, 0.25) is 5.02 Å². The number of halogens is 1. The van der Waals surface area contributed by atoms with Crippen molar-refractivity contribution in [1.82, 2.24) is 4.90 Å². The Labute approximate surface area is 128 Å². The van der Waals surface area contributed by atoms with Gasteiger partial charge in [0.15, 0.2) is 0 Å². The summed E-state index contributed by atoms with van der Waals surface area (Å²) in [6.07, 6.45) is 3.51. The maximum absolute atomic E-state index is 12.0. The molecule has 0 saturated carbocycles. The highest BCUT2D eigenvalue weighted by molar-refractivity contribution is 6.30. The molecule has 1 aromatic rings.